The molecule has 1 fully saturated rings. The maximum absolute atomic E-state index is 14.5. The van der Waals surface area contributed by atoms with Crippen molar-refractivity contribution >= 4 is 21.4 Å². The summed E-state index contributed by atoms with van der Waals surface area (Å²) in [5, 5.41) is 12.9. The number of benzene rings is 2. The van der Waals surface area contributed by atoms with E-state index in [2.05, 4.69) is 10.2 Å². The molecule has 11 heteroatoms. The number of aliphatic hydroxyl groups is 1. The van der Waals surface area contributed by atoms with Gasteiger partial charge in [0.25, 0.3) is 5.92 Å². The van der Waals surface area contributed by atoms with E-state index >= 15 is 0 Å². The fraction of sp³-hybridized carbons (Fsp3) is 0.556. The van der Waals surface area contributed by atoms with Gasteiger partial charge in [0.2, 0.25) is 0 Å². The number of rotatable bonds is 9. The van der Waals surface area contributed by atoms with Crippen LogP contribution >= 0.6 is 0 Å². The number of hydrogen-bond donors (Lipinski definition) is 2. The summed E-state index contributed by atoms with van der Waals surface area (Å²) in [6, 6.07) is 10.9. The lowest BCUT2D eigenvalue weighted by Crippen LogP contribution is -2.49. The van der Waals surface area contributed by atoms with Gasteiger partial charge in [0.1, 0.15) is 6.61 Å². The van der Waals surface area contributed by atoms with Gasteiger partial charge < -0.3 is 24.8 Å². The maximum atomic E-state index is 14.5. The second kappa shape index (κ2) is 10.7. The number of ether oxygens (including phenoxy) is 2. The van der Waals surface area contributed by atoms with Crippen LogP contribution in [0, 0.1) is 0 Å². The summed E-state index contributed by atoms with van der Waals surface area (Å²) in [5.74, 6) is -2.48. The molecule has 3 heterocycles. The van der Waals surface area contributed by atoms with Gasteiger partial charge in [-0.15, -0.1) is 0 Å². The van der Waals surface area contributed by atoms with Crippen molar-refractivity contribution in [3.05, 3.63) is 53.1 Å². The zero-order valence-electron chi connectivity index (χ0n) is 21.5. The highest BCUT2D eigenvalue weighted by atomic mass is 19.3. The average molecular weight is 525 g/mol. The first kappa shape index (κ1) is 27.2. The minimum atomic E-state index is -3.26. The van der Waals surface area contributed by atoms with Gasteiger partial charge in [-0.2, -0.15) is 0 Å². The van der Waals surface area contributed by atoms with Crippen LogP contribution in [0.3, 0.4) is 0 Å². The highest BCUT2D eigenvalue weighted by Gasteiger charge is 2.42. The number of anilines is 1. The smallest absolute Gasteiger partial charge is 0.283 e. The van der Waals surface area contributed by atoms with Crippen LogP contribution in [0.15, 0.2) is 36.4 Å². The summed E-state index contributed by atoms with van der Waals surface area (Å²) >= 11 is 0. The Balaban J connectivity index is 1.42. The number of alkyl halides is 3. The molecule has 38 heavy (non-hydrogen) atoms. The Kier molecular flexibility index (Phi) is 7.63. The Morgan fingerprint density at radius 2 is 1.87 bits per heavy atom. The van der Waals surface area contributed by atoms with Gasteiger partial charge in [-0.05, 0) is 67.1 Å². The summed E-state index contributed by atoms with van der Waals surface area (Å²) in [5.41, 5.74) is 1.72. The van der Waals surface area contributed by atoms with Gasteiger partial charge >= 0.3 is 0 Å². The molecule has 0 saturated carbocycles. The van der Waals surface area contributed by atoms with Gasteiger partial charge in [0.05, 0.1) is 19.3 Å². The molecule has 4 radical (unpaired) electrons. The molecule has 0 aromatic heterocycles. The van der Waals surface area contributed by atoms with E-state index in [0.29, 0.717) is 24.3 Å². The second-order valence-electron chi connectivity index (χ2n) is 10.7. The average Bonchev–Trinajstić information content (AvgIpc) is 3.44. The van der Waals surface area contributed by atoms with Crippen molar-refractivity contribution in [2.75, 3.05) is 44.8 Å². The summed E-state index contributed by atoms with van der Waals surface area (Å²) in [6.45, 7) is 2.31. The first-order chi connectivity index (χ1) is 18.1. The van der Waals surface area contributed by atoms with Gasteiger partial charge in [0, 0.05) is 37.4 Å². The fourth-order valence-corrected chi connectivity index (χ4v) is 5.81. The molecule has 2 aromatic carbocycles. The lowest BCUT2D eigenvalue weighted by Gasteiger charge is -2.43. The van der Waals surface area contributed by atoms with Crippen molar-refractivity contribution in [3.8, 4) is 11.5 Å². The molecule has 0 aliphatic carbocycles. The van der Waals surface area contributed by atoms with Gasteiger partial charge in [-0.25, -0.2) is 8.78 Å². The van der Waals surface area contributed by atoms with Crippen LogP contribution in [0.5, 0.6) is 11.5 Å². The molecule has 3 atom stereocenters. The summed E-state index contributed by atoms with van der Waals surface area (Å²) < 4.78 is 52.6. The Morgan fingerprint density at radius 1 is 1.16 bits per heavy atom. The third kappa shape index (κ3) is 5.80. The number of nitrogens with one attached hydrogen (secondary N) is 1. The van der Waals surface area contributed by atoms with E-state index in [1.165, 1.54) is 0 Å². The maximum Gasteiger partial charge on any atom is 0.283 e. The molecule has 3 aliphatic heterocycles. The van der Waals surface area contributed by atoms with Crippen molar-refractivity contribution in [2.24, 2.45) is 0 Å². The molecule has 0 unspecified atom stereocenters. The van der Waals surface area contributed by atoms with E-state index in [0.717, 1.165) is 48.4 Å². The Labute approximate surface area is 224 Å². The number of halogens is 3. The number of likely N-dealkylation sites (tertiary alicyclic amines) is 1. The molecule has 5 rings (SSSR count). The summed E-state index contributed by atoms with van der Waals surface area (Å²) in [6.07, 6.45) is 2.03. The number of nitrogens with zero attached hydrogens (tertiary/aromatic N) is 2. The Morgan fingerprint density at radius 3 is 2.55 bits per heavy atom. The van der Waals surface area contributed by atoms with Crippen LogP contribution in [0.2, 0.25) is 0 Å². The molecule has 0 bridgehead atoms. The SMILES string of the molecule is [B]C1([B])Oc2cc3c(cc2O1)[C@@H](c1ccc(N[C@H]2CCN(CCCF)C2)cc1)N(CC(F)(F)CO)[C@H](C)C3. The van der Waals surface area contributed by atoms with Crippen LogP contribution in [-0.2, 0) is 6.42 Å². The number of hydrogen-bond acceptors (Lipinski definition) is 6. The normalized spacial score (nSPS) is 24.9. The van der Waals surface area contributed by atoms with E-state index in [1.54, 1.807) is 11.0 Å². The summed E-state index contributed by atoms with van der Waals surface area (Å²) in [4.78, 5) is 3.98. The molecule has 3 aliphatic rings. The molecular formula is C27H32B2F3N3O3. The van der Waals surface area contributed by atoms with Crippen LogP contribution in [0.4, 0.5) is 18.9 Å². The van der Waals surface area contributed by atoms with Gasteiger partial charge in [-0.3, -0.25) is 9.29 Å². The predicted octanol–water partition coefficient (Wildman–Crippen LogP) is 3.22. The van der Waals surface area contributed by atoms with Crippen LogP contribution in [0.25, 0.3) is 0 Å². The molecule has 0 spiro atoms. The van der Waals surface area contributed by atoms with E-state index in [9.17, 15) is 18.3 Å². The van der Waals surface area contributed by atoms with E-state index < -0.39 is 30.7 Å². The van der Waals surface area contributed by atoms with Crippen LogP contribution < -0.4 is 14.8 Å². The van der Waals surface area contributed by atoms with Crippen molar-refractivity contribution in [1.82, 2.24) is 9.80 Å². The predicted molar refractivity (Wildman–Crippen MR) is 141 cm³/mol. The van der Waals surface area contributed by atoms with E-state index in [4.69, 9.17) is 25.2 Å². The Bertz CT molecular complexity index is 1140. The minimum absolute atomic E-state index is 0.239. The van der Waals surface area contributed by atoms with Gasteiger partial charge in [-0.1, -0.05) is 12.1 Å². The van der Waals surface area contributed by atoms with E-state index in [-0.39, 0.29) is 18.8 Å². The van der Waals surface area contributed by atoms with Crippen molar-refractivity contribution in [2.45, 2.75) is 55.8 Å². The van der Waals surface area contributed by atoms with Crippen LogP contribution in [0.1, 0.15) is 42.5 Å². The third-order valence-corrected chi connectivity index (χ3v) is 7.58. The van der Waals surface area contributed by atoms with Crippen LogP contribution in [-0.4, -0.2) is 93.7 Å². The van der Waals surface area contributed by atoms with Crippen molar-refractivity contribution < 1.29 is 27.8 Å². The lowest BCUT2D eigenvalue weighted by molar-refractivity contribution is -0.0862. The summed E-state index contributed by atoms with van der Waals surface area (Å²) in [7, 11) is 11.6. The molecule has 6 nitrogen and oxygen atoms in total. The lowest BCUT2D eigenvalue weighted by atomic mass is 9.76. The topological polar surface area (TPSA) is 57.2 Å². The molecule has 2 aromatic rings. The minimum Gasteiger partial charge on any atom is -0.468 e. The second-order valence-corrected chi connectivity index (χ2v) is 10.7. The fourth-order valence-electron chi connectivity index (χ4n) is 5.81. The first-order valence-electron chi connectivity index (χ1n) is 13.1. The molecule has 2 N–H and O–H groups in total. The van der Waals surface area contributed by atoms with Crippen molar-refractivity contribution in [3.63, 3.8) is 0 Å². The molecule has 1 saturated heterocycles. The molecule has 200 valence electrons. The zero-order valence-corrected chi connectivity index (χ0v) is 21.5. The quantitative estimate of drug-likeness (QED) is 0.491. The number of fused-ring (bicyclic) bond motifs is 2. The zero-order chi connectivity index (χ0) is 27.1. The highest BCUT2D eigenvalue weighted by Crippen LogP contribution is 2.46. The standard InChI is InChI=1S/C27H32B2F3N3O3/c1-17-11-19-12-23-24(38-27(28,29)37-23)13-22(19)25(35(17)15-26(31,32)16-36)18-3-5-20(6-4-18)33-21-7-10-34(14-21)9-2-8-30/h3-6,12-13,17,21,25,33,36H,2,7-11,14-16H2,1H3/t17-,21+,25-/m1/s1. The third-order valence-electron chi connectivity index (χ3n) is 7.58. The van der Waals surface area contributed by atoms with Crippen molar-refractivity contribution in [1.29, 1.82) is 0 Å². The number of aliphatic hydroxyl groups excluding tert-OH is 1. The molecular weight excluding hydrogens is 493 g/mol. The largest absolute Gasteiger partial charge is 0.468 e. The first-order valence-corrected chi connectivity index (χ1v) is 13.1. The monoisotopic (exact) mass is 525 g/mol. The Hall–Kier alpha value is -2.36. The highest BCUT2D eigenvalue weighted by molar-refractivity contribution is 6.38. The molecule has 0 amide bonds. The van der Waals surface area contributed by atoms with E-state index in [1.807, 2.05) is 37.3 Å². The van der Waals surface area contributed by atoms with Gasteiger partial charge in [0.15, 0.2) is 32.8 Å².